The van der Waals surface area contributed by atoms with Gasteiger partial charge in [-0.25, -0.2) is 13.2 Å². The quantitative estimate of drug-likeness (QED) is 0.664. The summed E-state index contributed by atoms with van der Waals surface area (Å²) in [5, 5.41) is 1.60. The standard InChI is InChI=1S/C12H12N2O4S2/c1-18-12(15)11-9(6-7-19-11)14-20(16,17)10-5-3-2-4-8(10)13/h2-7,14H,13H2,1H3. The van der Waals surface area contributed by atoms with E-state index in [9.17, 15) is 13.2 Å². The van der Waals surface area contributed by atoms with Crippen LogP contribution in [-0.2, 0) is 14.8 Å². The number of methoxy groups -OCH3 is 1. The van der Waals surface area contributed by atoms with Crippen molar-refractivity contribution < 1.29 is 17.9 Å². The molecule has 2 rings (SSSR count). The summed E-state index contributed by atoms with van der Waals surface area (Å²) in [5.74, 6) is -0.598. The molecule has 0 radical (unpaired) electrons. The Labute approximate surface area is 120 Å². The number of para-hydroxylation sites is 1. The molecule has 1 heterocycles. The number of ether oxygens (including phenoxy) is 1. The van der Waals surface area contributed by atoms with Crippen LogP contribution in [0, 0.1) is 0 Å². The highest BCUT2D eigenvalue weighted by molar-refractivity contribution is 7.93. The second kappa shape index (κ2) is 5.51. The number of benzene rings is 1. The van der Waals surface area contributed by atoms with Crippen molar-refractivity contribution in [3.63, 3.8) is 0 Å². The second-order valence-corrected chi connectivity index (χ2v) is 6.37. The van der Waals surface area contributed by atoms with Gasteiger partial charge in [0.1, 0.15) is 9.77 Å². The maximum atomic E-state index is 12.2. The summed E-state index contributed by atoms with van der Waals surface area (Å²) in [6.45, 7) is 0. The minimum atomic E-state index is -3.85. The van der Waals surface area contributed by atoms with Crippen LogP contribution in [0.3, 0.4) is 0 Å². The van der Waals surface area contributed by atoms with Crippen LogP contribution in [0.15, 0.2) is 40.6 Å². The molecule has 2 aromatic rings. The zero-order valence-corrected chi connectivity index (χ0v) is 12.1. The van der Waals surface area contributed by atoms with Gasteiger partial charge in [-0.15, -0.1) is 11.3 Å². The van der Waals surface area contributed by atoms with Gasteiger partial charge in [0, 0.05) is 0 Å². The smallest absolute Gasteiger partial charge is 0.350 e. The van der Waals surface area contributed by atoms with E-state index in [1.54, 1.807) is 17.5 Å². The van der Waals surface area contributed by atoms with E-state index in [1.807, 2.05) is 0 Å². The van der Waals surface area contributed by atoms with Gasteiger partial charge in [0.15, 0.2) is 0 Å². The summed E-state index contributed by atoms with van der Waals surface area (Å²) in [4.78, 5) is 11.7. The number of carbonyl (C=O) groups is 1. The number of sulfonamides is 1. The fourth-order valence-corrected chi connectivity index (χ4v) is 3.60. The summed E-state index contributed by atoms with van der Waals surface area (Å²) in [6, 6.07) is 7.58. The number of hydrogen-bond donors (Lipinski definition) is 2. The maximum Gasteiger partial charge on any atom is 0.350 e. The van der Waals surface area contributed by atoms with Crippen LogP contribution in [0.2, 0.25) is 0 Å². The molecule has 0 aliphatic rings. The van der Waals surface area contributed by atoms with E-state index < -0.39 is 16.0 Å². The molecule has 1 aromatic heterocycles. The Morgan fingerprint density at radius 1 is 1.30 bits per heavy atom. The van der Waals surface area contributed by atoms with Crippen molar-refractivity contribution in [3.8, 4) is 0 Å². The lowest BCUT2D eigenvalue weighted by molar-refractivity contribution is 0.0607. The topological polar surface area (TPSA) is 98.5 Å². The minimum absolute atomic E-state index is 0.0398. The third-order valence-corrected chi connectivity index (χ3v) is 4.82. The van der Waals surface area contributed by atoms with Gasteiger partial charge < -0.3 is 10.5 Å². The lowest BCUT2D eigenvalue weighted by Crippen LogP contribution is -2.16. The second-order valence-electron chi connectivity index (χ2n) is 3.80. The maximum absolute atomic E-state index is 12.2. The number of rotatable bonds is 4. The summed E-state index contributed by atoms with van der Waals surface area (Å²) < 4.78 is 31.4. The zero-order valence-electron chi connectivity index (χ0n) is 10.5. The molecule has 3 N–H and O–H groups in total. The molecular weight excluding hydrogens is 300 g/mol. The lowest BCUT2D eigenvalue weighted by Gasteiger charge is -2.09. The van der Waals surface area contributed by atoms with Crippen molar-refractivity contribution in [1.29, 1.82) is 0 Å². The van der Waals surface area contributed by atoms with Crippen LogP contribution in [-0.4, -0.2) is 21.5 Å². The molecule has 0 fully saturated rings. The minimum Gasteiger partial charge on any atom is -0.465 e. The lowest BCUT2D eigenvalue weighted by atomic mass is 10.3. The summed E-state index contributed by atoms with van der Waals surface area (Å²) >= 11 is 1.09. The number of nitrogens with one attached hydrogen (secondary N) is 1. The Hall–Kier alpha value is -2.06. The number of anilines is 2. The highest BCUT2D eigenvalue weighted by Gasteiger charge is 2.21. The number of hydrogen-bond acceptors (Lipinski definition) is 6. The Kier molecular flexibility index (Phi) is 3.96. The van der Waals surface area contributed by atoms with Crippen molar-refractivity contribution in [2.45, 2.75) is 4.90 Å². The molecule has 0 bridgehead atoms. The van der Waals surface area contributed by atoms with Gasteiger partial charge in [-0.2, -0.15) is 0 Å². The van der Waals surface area contributed by atoms with Gasteiger partial charge in [0.2, 0.25) is 0 Å². The van der Waals surface area contributed by atoms with Crippen molar-refractivity contribution in [3.05, 3.63) is 40.6 Å². The molecule has 106 valence electrons. The summed E-state index contributed by atoms with van der Waals surface area (Å²) in [5.41, 5.74) is 5.96. The van der Waals surface area contributed by atoms with E-state index in [1.165, 1.54) is 25.3 Å². The van der Waals surface area contributed by atoms with Crippen LogP contribution in [0.25, 0.3) is 0 Å². The van der Waals surface area contributed by atoms with E-state index >= 15 is 0 Å². The summed E-state index contributed by atoms with van der Waals surface area (Å²) in [7, 11) is -2.62. The van der Waals surface area contributed by atoms with Gasteiger partial charge >= 0.3 is 5.97 Å². The van der Waals surface area contributed by atoms with Crippen LogP contribution in [0.5, 0.6) is 0 Å². The molecule has 1 aromatic carbocycles. The molecular formula is C12H12N2O4S2. The molecule has 0 atom stereocenters. The highest BCUT2D eigenvalue weighted by atomic mass is 32.2. The highest BCUT2D eigenvalue weighted by Crippen LogP contribution is 2.27. The van der Waals surface area contributed by atoms with E-state index in [4.69, 9.17) is 5.73 Å². The normalized spacial score (nSPS) is 11.1. The molecule has 20 heavy (non-hydrogen) atoms. The van der Waals surface area contributed by atoms with Gasteiger partial charge in [-0.05, 0) is 23.6 Å². The average Bonchev–Trinajstić information content (AvgIpc) is 2.85. The first-order valence-electron chi connectivity index (χ1n) is 5.49. The Bertz CT molecular complexity index is 737. The molecule has 0 aliphatic carbocycles. The number of carbonyl (C=O) groups excluding carboxylic acids is 1. The first-order valence-corrected chi connectivity index (χ1v) is 7.85. The predicted octanol–water partition coefficient (Wildman–Crippen LogP) is 1.92. The molecule has 0 saturated heterocycles. The van der Waals surface area contributed by atoms with Crippen LogP contribution >= 0.6 is 11.3 Å². The molecule has 0 spiro atoms. The third kappa shape index (κ3) is 2.75. The van der Waals surface area contributed by atoms with Crippen molar-refractivity contribution >= 4 is 38.7 Å². The predicted molar refractivity (Wildman–Crippen MR) is 77.3 cm³/mol. The molecule has 8 heteroatoms. The van der Waals surface area contributed by atoms with Crippen LogP contribution in [0.1, 0.15) is 9.67 Å². The molecule has 0 aliphatic heterocycles. The molecule has 0 unspecified atom stereocenters. The van der Waals surface area contributed by atoms with Gasteiger partial charge in [-0.1, -0.05) is 12.1 Å². The van der Waals surface area contributed by atoms with Crippen LogP contribution in [0.4, 0.5) is 11.4 Å². The van der Waals surface area contributed by atoms with Gasteiger partial charge in [0.05, 0.1) is 18.5 Å². The molecule has 6 nitrogen and oxygen atoms in total. The third-order valence-electron chi connectivity index (χ3n) is 2.49. The Morgan fingerprint density at radius 2 is 2.00 bits per heavy atom. The van der Waals surface area contributed by atoms with E-state index in [0.717, 1.165) is 11.3 Å². The average molecular weight is 312 g/mol. The fraction of sp³-hybridized carbons (Fsp3) is 0.0833. The number of nitrogens with two attached hydrogens (primary N) is 1. The number of esters is 1. The largest absolute Gasteiger partial charge is 0.465 e. The van der Waals surface area contributed by atoms with Gasteiger partial charge in [-0.3, -0.25) is 4.72 Å². The SMILES string of the molecule is COC(=O)c1sccc1NS(=O)(=O)c1ccccc1N. The molecule has 0 saturated carbocycles. The van der Waals surface area contributed by atoms with E-state index in [2.05, 4.69) is 9.46 Å². The first kappa shape index (κ1) is 14.4. The van der Waals surface area contributed by atoms with Crippen molar-refractivity contribution in [1.82, 2.24) is 0 Å². The fourth-order valence-electron chi connectivity index (χ4n) is 1.57. The van der Waals surface area contributed by atoms with Crippen LogP contribution < -0.4 is 10.5 Å². The first-order chi connectivity index (χ1) is 9.45. The Morgan fingerprint density at radius 3 is 2.65 bits per heavy atom. The number of thiophene rings is 1. The molecule has 0 amide bonds. The summed E-state index contributed by atoms with van der Waals surface area (Å²) in [6.07, 6.45) is 0. The van der Waals surface area contributed by atoms with Crippen molar-refractivity contribution in [2.75, 3.05) is 17.6 Å². The Balaban J connectivity index is 2.37. The van der Waals surface area contributed by atoms with Crippen molar-refractivity contribution in [2.24, 2.45) is 0 Å². The van der Waals surface area contributed by atoms with Gasteiger partial charge in [0.25, 0.3) is 10.0 Å². The zero-order chi connectivity index (χ0) is 14.8. The van der Waals surface area contributed by atoms with E-state index in [0.29, 0.717) is 0 Å². The van der Waals surface area contributed by atoms with E-state index in [-0.39, 0.29) is 21.1 Å². The monoisotopic (exact) mass is 312 g/mol. The number of nitrogen functional groups attached to an aromatic ring is 1.